The highest BCUT2D eigenvalue weighted by molar-refractivity contribution is 5.99. The van der Waals surface area contributed by atoms with E-state index in [4.69, 9.17) is 4.74 Å². The summed E-state index contributed by atoms with van der Waals surface area (Å²) in [6.45, 7) is 7.32. The van der Waals surface area contributed by atoms with Gasteiger partial charge >= 0.3 is 0 Å². The Morgan fingerprint density at radius 2 is 2.00 bits per heavy atom. The molecule has 0 spiro atoms. The molecule has 2 amide bonds. The second-order valence-electron chi connectivity index (χ2n) is 6.14. The molecular weight excluding hydrogens is 268 g/mol. The lowest BCUT2D eigenvalue weighted by Gasteiger charge is -2.48. The number of hydrogen-bond donors (Lipinski definition) is 1. The van der Waals surface area contributed by atoms with Crippen LogP contribution in [0.15, 0.2) is 0 Å². The van der Waals surface area contributed by atoms with E-state index in [0.29, 0.717) is 25.8 Å². The van der Waals surface area contributed by atoms with Crippen molar-refractivity contribution in [3.63, 3.8) is 0 Å². The average molecular weight is 296 g/mol. The van der Waals surface area contributed by atoms with Crippen LogP contribution < -0.4 is 5.32 Å². The number of piperazine rings is 1. The summed E-state index contributed by atoms with van der Waals surface area (Å²) in [6, 6.07) is -0.366. The standard InChI is InChI=1S/C16H28N2O3/c1-4-8-13-14(19)18(11-12-9-7-10-21-12)16(5-2,6-3)15(20)17-13/h12-13H,4-11H2,1-3H3,(H,17,20). The van der Waals surface area contributed by atoms with E-state index < -0.39 is 5.54 Å². The first-order valence-electron chi connectivity index (χ1n) is 8.33. The van der Waals surface area contributed by atoms with Crippen molar-refractivity contribution in [3.05, 3.63) is 0 Å². The molecule has 2 fully saturated rings. The second kappa shape index (κ2) is 6.77. The van der Waals surface area contributed by atoms with E-state index in [-0.39, 0.29) is 24.0 Å². The lowest BCUT2D eigenvalue weighted by Crippen LogP contribution is -2.71. The van der Waals surface area contributed by atoms with Crippen LogP contribution in [-0.2, 0) is 14.3 Å². The molecule has 5 nitrogen and oxygen atoms in total. The number of carbonyl (C=O) groups excluding carboxylic acids is 2. The fraction of sp³-hybridized carbons (Fsp3) is 0.875. The van der Waals surface area contributed by atoms with Crippen molar-refractivity contribution in [1.82, 2.24) is 10.2 Å². The average Bonchev–Trinajstić information content (AvgIpc) is 2.98. The van der Waals surface area contributed by atoms with E-state index >= 15 is 0 Å². The highest BCUT2D eigenvalue weighted by atomic mass is 16.5. The molecule has 0 radical (unpaired) electrons. The minimum atomic E-state index is -0.701. The predicted molar refractivity (Wildman–Crippen MR) is 80.8 cm³/mol. The van der Waals surface area contributed by atoms with Crippen LogP contribution in [0, 0.1) is 0 Å². The van der Waals surface area contributed by atoms with Gasteiger partial charge in [0.25, 0.3) is 0 Å². The summed E-state index contributed by atoms with van der Waals surface area (Å²) in [4.78, 5) is 27.3. The zero-order valence-corrected chi connectivity index (χ0v) is 13.5. The first kappa shape index (κ1) is 16.3. The Kier molecular flexibility index (Phi) is 5.25. The van der Waals surface area contributed by atoms with Crippen molar-refractivity contribution in [1.29, 1.82) is 0 Å². The summed E-state index contributed by atoms with van der Waals surface area (Å²) in [6.07, 6.45) is 4.99. The fourth-order valence-corrected chi connectivity index (χ4v) is 3.57. The SMILES string of the molecule is CCCC1NC(=O)C(CC)(CC)N(CC2CCCO2)C1=O. The molecule has 5 heteroatoms. The zero-order valence-electron chi connectivity index (χ0n) is 13.5. The predicted octanol–water partition coefficient (Wildman–Crippen LogP) is 1.85. The normalized spacial score (nSPS) is 28.8. The third kappa shape index (κ3) is 2.93. The van der Waals surface area contributed by atoms with E-state index in [1.807, 2.05) is 25.7 Å². The number of rotatable bonds is 6. The van der Waals surface area contributed by atoms with Crippen LogP contribution in [0.4, 0.5) is 0 Å². The lowest BCUT2D eigenvalue weighted by atomic mass is 9.85. The van der Waals surface area contributed by atoms with Gasteiger partial charge < -0.3 is 15.0 Å². The molecule has 2 aliphatic heterocycles. The summed E-state index contributed by atoms with van der Waals surface area (Å²) in [5.41, 5.74) is -0.701. The van der Waals surface area contributed by atoms with Crippen molar-refractivity contribution in [2.75, 3.05) is 13.2 Å². The van der Waals surface area contributed by atoms with Crippen molar-refractivity contribution >= 4 is 11.8 Å². The van der Waals surface area contributed by atoms with E-state index in [9.17, 15) is 9.59 Å². The minimum Gasteiger partial charge on any atom is -0.376 e. The number of carbonyl (C=O) groups is 2. The van der Waals surface area contributed by atoms with Crippen LogP contribution in [0.1, 0.15) is 59.3 Å². The van der Waals surface area contributed by atoms with Crippen LogP contribution >= 0.6 is 0 Å². The maximum absolute atomic E-state index is 12.8. The molecule has 2 atom stereocenters. The molecule has 2 aliphatic rings. The molecule has 0 aromatic rings. The molecule has 0 aromatic carbocycles. The Labute approximate surface area is 127 Å². The van der Waals surface area contributed by atoms with E-state index in [0.717, 1.165) is 25.9 Å². The van der Waals surface area contributed by atoms with Gasteiger partial charge in [0.05, 0.1) is 6.10 Å². The van der Waals surface area contributed by atoms with Gasteiger partial charge in [-0.25, -0.2) is 0 Å². The van der Waals surface area contributed by atoms with Gasteiger partial charge in [0.15, 0.2) is 0 Å². The van der Waals surface area contributed by atoms with E-state index in [1.54, 1.807) is 0 Å². The van der Waals surface area contributed by atoms with Gasteiger partial charge in [0.1, 0.15) is 11.6 Å². The summed E-state index contributed by atoms with van der Waals surface area (Å²) < 4.78 is 5.69. The molecule has 2 saturated heterocycles. The van der Waals surface area contributed by atoms with Crippen LogP contribution in [0.2, 0.25) is 0 Å². The number of nitrogens with one attached hydrogen (secondary N) is 1. The van der Waals surface area contributed by atoms with Gasteiger partial charge in [-0.1, -0.05) is 27.2 Å². The Balaban J connectivity index is 2.25. The maximum Gasteiger partial charge on any atom is 0.246 e. The molecule has 2 heterocycles. The first-order valence-corrected chi connectivity index (χ1v) is 8.33. The van der Waals surface area contributed by atoms with Crippen LogP contribution in [-0.4, -0.2) is 47.6 Å². The molecule has 2 rings (SSSR count). The van der Waals surface area contributed by atoms with Crippen LogP contribution in [0.25, 0.3) is 0 Å². The number of nitrogens with zero attached hydrogens (tertiary/aromatic N) is 1. The van der Waals surface area contributed by atoms with Crippen molar-refractivity contribution < 1.29 is 14.3 Å². The van der Waals surface area contributed by atoms with Gasteiger partial charge in [0, 0.05) is 13.2 Å². The Bertz CT molecular complexity index is 387. The van der Waals surface area contributed by atoms with E-state index in [1.165, 1.54) is 0 Å². The molecule has 0 aliphatic carbocycles. The molecular formula is C16H28N2O3. The van der Waals surface area contributed by atoms with Crippen LogP contribution in [0.5, 0.6) is 0 Å². The Morgan fingerprint density at radius 3 is 2.52 bits per heavy atom. The molecule has 2 unspecified atom stereocenters. The Morgan fingerprint density at radius 1 is 1.29 bits per heavy atom. The van der Waals surface area contributed by atoms with Gasteiger partial charge in [-0.3, -0.25) is 9.59 Å². The highest BCUT2D eigenvalue weighted by Gasteiger charge is 2.50. The topological polar surface area (TPSA) is 58.6 Å². The third-order valence-electron chi connectivity index (χ3n) is 4.97. The van der Waals surface area contributed by atoms with Gasteiger partial charge in [-0.15, -0.1) is 0 Å². The quantitative estimate of drug-likeness (QED) is 0.814. The van der Waals surface area contributed by atoms with Gasteiger partial charge in [0.2, 0.25) is 11.8 Å². The molecule has 21 heavy (non-hydrogen) atoms. The molecule has 120 valence electrons. The Hall–Kier alpha value is -1.10. The third-order valence-corrected chi connectivity index (χ3v) is 4.97. The summed E-state index contributed by atoms with van der Waals surface area (Å²) >= 11 is 0. The monoisotopic (exact) mass is 296 g/mol. The number of hydrogen-bond acceptors (Lipinski definition) is 3. The zero-order chi connectivity index (χ0) is 15.5. The van der Waals surface area contributed by atoms with Crippen molar-refractivity contribution in [3.8, 4) is 0 Å². The van der Waals surface area contributed by atoms with Gasteiger partial charge in [-0.2, -0.15) is 0 Å². The summed E-state index contributed by atoms with van der Waals surface area (Å²) in [5.74, 6) is 0.0687. The van der Waals surface area contributed by atoms with Crippen LogP contribution in [0.3, 0.4) is 0 Å². The molecule has 0 aromatic heterocycles. The molecule has 0 saturated carbocycles. The number of amides is 2. The van der Waals surface area contributed by atoms with Gasteiger partial charge in [-0.05, 0) is 32.1 Å². The largest absolute Gasteiger partial charge is 0.376 e. The summed E-state index contributed by atoms with van der Waals surface area (Å²) in [7, 11) is 0. The minimum absolute atomic E-state index is 0.00328. The second-order valence-corrected chi connectivity index (χ2v) is 6.14. The number of ether oxygens (including phenoxy) is 1. The maximum atomic E-state index is 12.8. The first-order chi connectivity index (χ1) is 10.1. The smallest absolute Gasteiger partial charge is 0.246 e. The van der Waals surface area contributed by atoms with E-state index in [2.05, 4.69) is 5.32 Å². The fourth-order valence-electron chi connectivity index (χ4n) is 3.57. The van der Waals surface area contributed by atoms with Crippen molar-refractivity contribution in [2.24, 2.45) is 0 Å². The molecule has 0 bridgehead atoms. The highest BCUT2D eigenvalue weighted by Crippen LogP contribution is 2.31. The molecule has 1 N–H and O–H groups in total. The lowest BCUT2D eigenvalue weighted by molar-refractivity contribution is -0.160. The summed E-state index contributed by atoms with van der Waals surface area (Å²) in [5, 5.41) is 2.94. The van der Waals surface area contributed by atoms with Crippen molar-refractivity contribution in [2.45, 2.75) is 77.0 Å².